The molecule has 0 radical (unpaired) electrons. The zero-order valence-electron chi connectivity index (χ0n) is 13.0. The Morgan fingerprint density at radius 1 is 1.14 bits per heavy atom. The molecule has 0 bridgehead atoms. The topological polar surface area (TPSA) is 41.3 Å². The highest BCUT2D eigenvalue weighted by atomic mass is 15.1. The van der Waals surface area contributed by atoms with Gasteiger partial charge in [0.25, 0.3) is 0 Å². The molecule has 2 aromatic rings. The lowest BCUT2D eigenvalue weighted by Crippen LogP contribution is -2.12. The van der Waals surface area contributed by atoms with Crippen molar-refractivity contribution in [2.24, 2.45) is 0 Å². The molecule has 110 valence electrons. The Hall–Kier alpha value is -2.16. The quantitative estimate of drug-likeness (QED) is 0.842. The van der Waals surface area contributed by atoms with Crippen LogP contribution in [0.4, 0.5) is 17.1 Å². The SMILES string of the molecule is Cc1ccc(NC2CCc3cc(N)ccc32)cc1N(C)C. The lowest BCUT2D eigenvalue weighted by atomic mass is 10.1. The summed E-state index contributed by atoms with van der Waals surface area (Å²) < 4.78 is 0. The number of anilines is 3. The zero-order chi connectivity index (χ0) is 15.0. The summed E-state index contributed by atoms with van der Waals surface area (Å²) in [6.07, 6.45) is 2.23. The number of hydrogen-bond donors (Lipinski definition) is 2. The van der Waals surface area contributed by atoms with Gasteiger partial charge in [-0.3, -0.25) is 0 Å². The van der Waals surface area contributed by atoms with Gasteiger partial charge in [0.2, 0.25) is 0 Å². The first-order valence-corrected chi connectivity index (χ1v) is 7.47. The van der Waals surface area contributed by atoms with Gasteiger partial charge in [0.05, 0.1) is 6.04 Å². The third-order valence-electron chi connectivity index (χ3n) is 4.28. The van der Waals surface area contributed by atoms with Crippen molar-refractivity contribution in [1.29, 1.82) is 0 Å². The minimum Gasteiger partial charge on any atom is -0.399 e. The van der Waals surface area contributed by atoms with E-state index in [0.29, 0.717) is 6.04 Å². The van der Waals surface area contributed by atoms with Gasteiger partial charge < -0.3 is 16.0 Å². The molecule has 0 aliphatic heterocycles. The van der Waals surface area contributed by atoms with Gasteiger partial charge in [0, 0.05) is 31.2 Å². The lowest BCUT2D eigenvalue weighted by Gasteiger charge is -2.20. The highest BCUT2D eigenvalue weighted by Gasteiger charge is 2.22. The predicted octanol–water partition coefficient (Wildman–Crippen LogP) is 3.74. The van der Waals surface area contributed by atoms with E-state index in [1.165, 1.54) is 28.1 Å². The fourth-order valence-electron chi connectivity index (χ4n) is 3.17. The molecule has 0 heterocycles. The molecule has 21 heavy (non-hydrogen) atoms. The maximum atomic E-state index is 5.87. The Morgan fingerprint density at radius 3 is 2.71 bits per heavy atom. The number of rotatable bonds is 3. The Labute approximate surface area is 126 Å². The van der Waals surface area contributed by atoms with Crippen molar-refractivity contribution >= 4 is 17.1 Å². The smallest absolute Gasteiger partial charge is 0.0519 e. The van der Waals surface area contributed by atoms with E-state index in [1.807, 2.05) is 6.07 Å². The number of fused-ring (bicyclic) bond motifs is 1. The van der Waals surface area contributed by atoms with E-state index in [9.17, 15) is 0 Å². The molecule has 0 saturated carbocycles. The van der Waals surface area contributed by atoms with Gasteiger partial charge in [0.1, 0.15) is 0 Å². The summed E-state index contributed by atoms with van der Waals surface area (Å²) in [4.78, 5) is 2.16. The van der Waals surface area contributed by atoms with Gasteiger partial charge >= 0.3 is 0 Å². The number of nitrogens with zero attached hydrogens (tertiary/aromatic N) is 1. The van der Waals surface area contributed by atoms with Crippen LogP contribution in [-0.2, 0) is 6.42 Å². The van der Waals surface area contributed by atoms with Gasteiger partial charge in [-0.2, -0.15) is 0 Å². The summed E-state index contributed by atoms with van der Waals surface area (Å²) in [5, 5.41) is 3.67. The molecule has 3 nitrogen and oxygen atoms in total. The fraction of sp³-hybridized carbons (Fsp3) is 0.333. The molecule has 3 N–H and O–H groups in total. The summed E-state index contributed by atoms with van der Waals surface area (Å²) in [6.45, 7) is 2.15. The van der Waals surface area contributed by atoms with E-state index in [-0.39, 0.29) is 0 Å². The van der Waals surface area contributed by atoms with Gasteiger partial charge in [0.15, 0.2) is 0 Å². The van der Waals surface area contributed by atoms with Crippen LogP contribution >= 0.6 is 0 Å². The summed E-state index contributed by atoms with van der Waals surface area (Å²) in [5.74, 6) is 0. The fourth-order valence-corrected chi connectivity index (χ4v) is 3.17. The van der Waals surface area contributed by atoms with Gasteiger partial charge in [-0.25, -0.2) is 0 Å². The van der Waals surface area contributed by atoms with Crippen LogP contribution in [0.3, 0.4) is 0 Å². The molecule has 0 aromatic heterocycles. The van der Waals surface area contributed by atoms with Crippen LogP contribution in [0.2, 0.25) is 0 Å². The van der Waals surface area contributed by atoms with Crippen LogP contribution < -0.4 is 16.0 Å². The maximum Gasteiger partial charge on any atom is 0.0519 e. The number of nitrogens with two attached hydrogens (primary N) is 1. The molecular weight excluding hydrogens is 258 g/mol. The first kappa shape index (κ1) is 13.8. The van der Waals surface area contributed by atoms with Crippen LogP contribution in [-0.4, -0.2) is 14.1 Å². The van der Waals surface area contributed by atoms with E-state index in [1.54, 1.807) is 0 Å². The van der Waals surface area contributed by atoms with E-state index in [2.05, 4.69) is 61.6 Å². The second-order valence-electron chi connectivity index (χ2n) is 6.09. The highest BCUT2D eigenvalue weighted by molar-refractivity contribution is 5.63. The molecule has 0 fully saturated rings. The van der Waals surface area contributed by atoms with Crippen molar-refractivity contribution in [3.05, 3.63) is 53.1 Å². The minimum absolute atomic E-state index is 0.387. The van der Waals surface area contributed by atoms with Crippen molar-refractivity contribution in [2.75, 3.05) is 30.0 Å². The number of nitrogen functional groups attached to an aromatic ring is 1. The normalized spacial score (nSPS) is 16.6. The Kier molecular flexibility index (Phi) is 3.50. The molecule has 3 rings (SSSR count). The first-order chi connectivity index (χ1) is 10.0. The third-order valence-corrected chi connectivity index (χ3v) is 4.28. The molecule has 1 aliphatic rings. The van der Waals surface area contributed by atoms with Gasteiger partial charge in [-0.1, -0.05) is 12.1 Å². The number of hydrogen-bond acceptors (Lipinski definition) is 3. The molecule has 1 aliphatic carbocycles. The Balaban J connectivity index is 1.85. The van der Waals surface area contributed by atoms with E-state index < -0.39 is 0 Å². The van der Waals surface area contributed by atoms with E-state index in [0.717, 1.165) is 18.5 Å². The van der Waals surface area contributed by atoms with E-state index >= 15 is 0 Å². The average Bonchev–Trinajstić information content (AvgIpc) is 2.83. The van der Waals surface area contributed by atoms with Crippen molar-refractivity contribution in [3.8, 4) is 0 Å². The number of benzene rings is 2. The largest absolute Gasteiger partial charge is 0.399 e. The van der Waals surface area contributed by atoms with Crippen LogP contribution in [0.15, 0.2) is 36.4 Å². The molecule has 1 unspecified atom stereocenters. The second-order valence-corrected chi connectivity index (χ2v) is 6.09. The number of nitrogens with one attached hydrogen (secondary N) is 1. The Bertz CT molecular complexity index is 662. The maximum absolute atomic E-state index is 5.87. The van der Waals surface area contributed by atoms with E-state index in [4.69, 9.17) is 5.73 Å². The van der Waals surface area contributed by atoms with Crippen LogP contribution in [0.25, 0.3) is 0 Å². The summed E-state index contributed by atoms with van der Waals surface area (Å²) in [6, 6.07) is 13.2. The average molecular weight is 281 g/mol. The molecule has 1 atom stereocenters. The van der Waals surface area contributed by atoms with Crippen LogP contribution in [0, 0.1) is 6.92 Å². The monoisotopic (exact) mass is 281 g/mol. The van der Waals surface area contributed by atoms with Crippen molar-refractivity contribution < 1.29 is 0 Å². The van der Waals surface area contributed by atoms with Crippen LogP contribution in [0.5, 0.6) is 0 Å². The van der Waals surface area contributed by atoms with Gasteiger partial charge in [-0.05, 0) is 60.7 Å². The molecule has 0 spiro atoms. The lowest BCUT2D eigenvalue weighted by molar-refractivity contribution is 0.762. The summed E-state index contributed by atoms with van der Waals surface area (Å²) in [7, 11) is 4.17. The zero-order valence-corrected chi connectivity index (χ0v) is 13.0. The number of aryl methyl sites for hydroxylation is 2. The Morgan fingerprint density at radius 2 is 1.95 bits per heavy atom. The minimum atomic E-state index is 0.387. The van der Waals surface area contributed by atoms with Crippen LogP contribution in [0.1, 0.15) is 29.2 Å². The molecule has 0 amide bonds. The third kappa shape index (κ3) is 2.68. The molecule has 3 heteroatoms. The molecular formula is C18H23N3. The highest BCUT2D eigenvalue weighted by Crippen LogP contribution is 2.35. The standard InChI is InChI=1S/C18H23N3/c1-12-4-7-15(11-18(12)21(2)3)20-17-9-5-13-10-14(19)6-8-16(13)17/h4,6-8,10-11,17,20H,5,9,19H2,1-3H3. The van der Waals surface area contributed by atoms with Crippen molar-refractivity contribution in [1.82, 2.24) is 0 Å². The van der Waals surface area contributed by atoms with Crippen molar-refractivity contribution in [2.45, 2.75) is 25.8 Å². The molecule has 2 aromatic carbocycles. The molecule has 0 saturated heterocycles. The van der Waals surface area contributed by atoms with Gasteiger partial charge in [-0.15, -0.1) is 0 Å². The first-order valence-electron chi connectivity index (χ1n) is 7.47. The summed E-state index contributed by atoms with van der Waals surface area (Å²) in [5.41, 5.74) is 13.2. The summed E-state index contributed by atoms with van der Waals surface area (Å²) >= 11 is 0. The predicted molar refractivity (Wildman–Crippen MR) is 91.0 cm³/mol. The second kappa shape index (κ2) is 5.32. The van der Waals surface area contributed by atoms with Crippen molar-refractivity contribution in [3.63, 3.8) is 0 Å².